The molecule has 3 aromatic carbocycles. The van der Waals surface area contributed by atoms with E-state index in [-0.39, 0.29) is 0 Å². The van der Waals surface area contributed by atoms with Crippen LogP contribution in [0.2, 0.25) is 0 Å². The monoisotopic (exact) mass is 439 g/mol. The molecule has 0 unspecified atom stereocenters. The summed E-state index contributed by atoms with van der Waals surface area (Å²) in [5, 5.41) is 23.1. The van der Waals surface area contributed by atoms with Crippen molar-refractivity contribution in [3.8, 4) is 11.8 Å². The van der Waals surface area contributed by atoms with E-state index in [1.54, 1.807) is 24.3 Å². The molecule has 0 aliphatic heterocycles. The lowest BCUT2D eigenvalue weighted by Gasteiger charge is -2.10. The zero-order valence-electron chi connectivity index (χ0n) is 18.4. The quantitative estimate of drug-likeness (QED) is 0.352. The Morgan fingerprint density at radius 2 is 1.36 bits per heavy atom. The predicted molar refractivity (Wildman–Crippen MR) is 129 cm³/mol. The summed E-state index contributed by atoms with van der Waals surface area (Å²) in [6, 6.07) is 14.5. The fraction of sp³-hybridized carbons (Fsp3) is 0.154. The maximum atomic E-state index is 12.5. The number of rotatable bonds is 1. The Kier molecular flexibility index (Phi) is 4.62. The molecule has 0 aliphatic carbocycles. The third-order valence-corrected chi connectivity index (χ3v) is 5.96. The van der Waals surface area contributed by atoms with Crippen molar-refractivity contribution in [2.24, 2.45) is 0 Å². The fourth-order valence-electron chi connectivity index (χ4n) is 4.75. The van der Waals surface area contributed by atoms with E-state index < -0.39 is 12.2 Å². The Bertz CT molecular complexity index is 1690. The minimum atomic E-state index is -1.11. The number of aromatic nitrogens is 2. The molecule has 5 rings (SSSR count). The van der Waals surface area contributed by atoms with Gasteiger partial charge >= 0.3 is 12.2 Å². The highest BCUT2D eigenvalue weighted by Gasteiger charge is 2.27. The van der Waals surface area contributed by atoms with E-state index in [1.807, 2.05) is 50.2 Å². The van der Waals surface area contributed by atoms with Crippen molar-refractivity contribution >= 4 is 55.8 Å². The summed E-state index contributed by atoms with van der Waals surface area (Å²) in [7, 11) is 3.80. The Morgan fingerprint density at radius 1 is 0.848 bits per heavy atom. The number of aryl methyl sites for hydroxylation is 1. The van der Waals surface area contributed by atoms with Crippen LogP contribution in [-0.4, -0.2) is 57.1 Å². The van der Waals surface area contributed by atoms with Gasteiger partial charge < -0.3 is 10.2 Å². The van der Waals surface area contributed by atoms with Crippen LogP contribution in [0.15, 0.2) is 48.5 Å². The summed E-state index contributed by atoms with van der Waals surface area (Å²) in [5.41, 5.74) is 3.30. The predicted octanol–water partition coefficient (Wildman–Crippen LogP) is 5.18. The summed E-state index contributed by atoms with van der Waals surface area (Å²) >= 11 is 0. The van der Waals surface area contributed by atoms with Gasteiger partial charge in [0.15, 0.2) is 0 Å². The van der Waals surface area contributed by atoms with Crippen molar-refractivity contribution in [3.05, 3.63) is 59.7 Å². The second kappa shape index (κ2) is 7.40. The van der Waals surface area contributed by atoms with E-state index in [0.29, 0.717) is 50.5 Å². The van der Waals surface area contributed by atoms with Crippen molar-refractivity contribution < 1.29 is 19.8 Å². The summed E-state index contributed by atoms with van der Waals surface area (Å²) in [6.07, 6.45) is -2.21. The first-order valence-electron chi connectivity index (χ1n) is 10.4. The zero-order chi connectivity index (χ0) is 23.4. The molecule has 7 nitrogen and oxygen atoms in total. The van der Waals surface area contributed by atoms with Gasteiger partial charge in [0.1, 0.15) is 0 Å². The van der Waals surface area contributed by atoms with Crippen LogP contribution in [0, 0.1) is 18.8 Å². The largest absolute Gasteiger partial charge is 0.464 e. The first kappa shape index (κ1) is 20.6. The molecule has 0 saturated heterocycles. The van der Waals surface area contributed by atoms with E-state index in [1.165, 1.54) is 9.13 Å². The number of nitrogens with zero attached hydrogens (tertiary/aromatic N) is 3. The zero-order valence-corrected chi connectivity index (χ0v) is 18.4. The molecule has 0 fully saturated rings. The maximum Gasteiger partial charge on any atom is 0.416 e. The molecule has 7 heteroatoms. The average Bonchev–Trinajstić information content (AvgIpc) is 3.30. The van der Waals surface area contributed by atoms with Gasteiger partial charge in [-0.25, -0.2) is 18.7 Å². The Labute approximate surface area is 189 Å². The van der Waals surface area contributed by atoms with Gasteiger partial charge in [0, 0.05) is 21.5 Å². The third kappa shape index (κ3) is 2.89. The van der Waals surface area contributed by atoms with Crippen LogP contribution in [-0.2, 0) is 0 Å². The highest BCUT2D eigenvalue weighted by atomic mass is 16.4. The highest BCUT2D eigenvalue weighted by Crippen LogP contribution is 2.42. The van der Waals surface area contributed by atoms with Gasteiger partial charge in [0.2, 0.25) is 0 Å². The van der Waals surface area contributed by atoms with Gasteiger partial charge in [-0.1, -0.05) is 48.2 Å². The summed E-state index contributed by atoms with van der Waals surface area (Å²) in [5.74, 6) is 6.34. The standard InChI is InChI=1S/C26H21N3O4/c1-15-21-16-9-4-6-12-19(16)29(26(32)33)24(21)18(11-8-14-27(2)3)22-17-10-5-7-13-20(17)28(23(15)22)25(30)31/h4-7,9-10,12-13H,14H2,1-3H3,(H,30,31)(H,32,33). The van der Waals surface area contributed by atoms with Crippen molar-refractivity contribution in [1.29, 1.82) is 0 Å². The van der Waals surface area contributed by atoms with Gasteiger partial charge in [-0.2, -0.15) is 0 Å². The van der Waals surface area contributed by atoms with E-state index in [9.17, 15) is 19.8 Å². The number of carboxylic acid groups (broad SMARTS) is 2. The molecule has 0 amide bonds. The van der Waals surface area contributed by atoms with Crippen LogP contribution in [0.3, 0.4) is 0 Å². The minimum absolute atomic E-state index is 0.474. The first-order chi connectivity index (χ1) is 15.8. The van der Waals surface area contributed by atoms with Crippen LogP contribution in [0.1, 0.15) is 11.1 Å². The summed E-state index contributed by atoms with van der Waals surface area (Å²) in [4.78, 5) is 26.8. The van der Waals surface area contributed by atoms with Crippen LogP contribution in [0.5, 0.6) is 0 Å². The van der Waals surface area contributed by atoms with E-state index in [0.717, 1.165) is 10.8 Å². The number of hydrogen-bond acceptors (Lipinski definition) is 3. The van der Waals surface area contributed by atoms with Crippen molar-refractivity contribution in [3.63, 3.8) is 0 Å². The fourth-order valence-corrected chi connectivity index (χ4v) is 4.75. The van der Waals surface area contributed by atoms with Crippen molar-refractivity contribution in [2.45, 2.75) is 6.92 Å². The molecule has 0 atom stereocenters. The van der Waals surface area contributed by atoms with E-state index in [4.69, 9.17) is 0 Å². The van der Waals surface area contributed by atoms with Crippen molar-refractivity contribution in [1.82, 2.24) is 14.0 Å². The van der Waals surface area contributed by atoms with E-state index in [2.05, 4.69) is 11.8 Å². The average molecular weight is 439 g/mol. The maximum absolute atomic E-state index is 12.5. The topological polar surface area (TPSA) is 87.7 Å². The summed E-state index contributed by atoms with van der Waals surface area (Å²) in [6.45, 7) is 2.32. The SMILES string of the molecule is Cc1c2c3ccccc3n(C(=O)O)c2c(C#CCN(C)C)c2c3ccccc3n(C(=O)O)c12. The molecule has 5 aromatic rings. The van der Waals surface area contributed by atoms with Crippen molar-refractivity contribution in [2.75, 3.05) is 20.6 Å². The minimum Gasteiger partial charge on any atom is -0.464 e. The third-order valence-electron chi connectivity index (χ3n) is 5.96. The van der Waals surface area contributed by atoms with Gasteiger partial charge in [0.25, 0.3) is 0 Å². The molecule has 2 aromatic heterocycles. The second-order valence-electron chi connectivity index (χ2n) is 8.26. The van der Waals surface area contributed by atoms with E-state index >= 15 is 0 Å². The molecule has 0 bridgehead atoms. The molecule has 0 spiro atoms. The van der Waals surface area contributed by atoms with Crippen LogP contribution >= 0.6 is 0 Å². The van der Waals surface area contributed by atoms with Gasteiger partial charge in [-0.3, -0.25) is 4.90 Å². The lowest BCUT2D eigenvalue weighted by Crippen LogP contribution is -2.11. The van der Waals surface area contributed by atoms with Gasteiger partial charge in [-0.15, -0.1) is 0 Å². The smallest absolute Gasteiger partial charge is 0.416 e. The number of para-hydroxylation sites is 2. The van der Waals surface area contributed by atoms with Gasteiger partial charge in [0.05, 0.1) is 34.2 Å². The lowest BCUT2D eigenvalue weighted by atomic mass is 9.97. The number of fused-ring (bicyclic) bond motifs is 6. The normalized spacial score (nSPS) is 11.5. The van der Waals surface area contributed by atoms with Crippen LogP contribution < -0.4 is 0 Å². The second-order valence-corrected chi connectivity index (χ2v) is 8.26. The molecule has 2 heterocycles. The molecule has 164 valence electrons. The Morgan fingerprint density at radius 3 is 1.91 bits per heavy atom. The summed E-state index contributed by atoms with van der Waals surface area (Å²) < 4.78 is 2.55. The molecular formula is C26H21N3O4. The van der Waals surface area contributed by atoms with Gasteiger partial charge in [-0.05, 0) is 38.7 Å². The molecule has 0 saturated carbocycles. The molecule has 33 heavy (non-hydrogen) atoms. The Hall–Kier alpha value is -4.28. The Balaban J connectivity index is 2.16. The number of carbonyl (C=O) groups is 2. The van der Waals surface area contributed by atoms with Crippen LogP contribution in [0.25, 0.3) is 43.6 Å². The molecule has 0 radical (unpaired) electrons. The first-order valence-corrected chi connectivity index (χ1v) is 10.4. The number of benzene rings is 3. The number of hydrogen-bond donors (Lipinski definition) is 2. The molecular weight excluding hydrogens is 418 g/mol. The molecule has 0 aliphatic rings. The molecule has 2 N–H and O–H groups in total. The highest BCUT2D eigenvalue weighted by molar-refractivity contribution is 6.26. The van der Waals surface area contributed by atoms with Crippen LogP contribution in [0.4, 0.5) is 9.59 Å². The lowest BCUT2D eigenvalue weighted by molar-refractivity contribution is 0.197.